The first-order valence-corrected chi connectivity index (χ1v) is 5.84. The minimum Gasteiger partial charge on any atom is -0.389 e. The molecule has 0 atom stereocenters. The second-order valence-electron chi connectivity index (χ2n) is 4.16. The third-order valence-corrected chi connectivity index (χ3v) is 3.15. The van der Waals surface area contributed by atoms with Crippen molar-refractivity contribution in [1.82, 2.24) is 9.78 Å². The van der Waals surface area contributed by atoms with E-state index in [1.54, 1.807) is 6.20 Å². The van der Waals surface area contributed by atoms with Crippen LogP contribution in [0, 0.1) is 20.8 Å². The van der Waals surface area contributed by atoms with Crippen molar-refractivity contribution in [2.75, 3.05) is 0 Å². The molecule has 0 bridgehead atoms. The van der Waals surface area contributed by atoms with Crippen LogP contribution in [0.15, 0.2) is 24.4 Å². The number of nitrogens with zero attached hydrogens (tertiary/aromatic N) is 2. The highest BCUT2D eigenvalue weighted by atomic mass is 32.1. The summed E-state index contributed by atoms with van der Waals surface area (Å²) in [5, 5.41) is 4.38. The molecule has 0 saturated carbocycles. The predicted molar refractivity (Wildman–Crippen MR) is 73.7 cm³/mol. The highest BCUT2D eigenvalue weighted by Crippen LogP contribution is 2.21. The minimum absolute atomic E-state index is 0.389. The molecule has 1 aromatic carbocycles. The van der Waals surface area contributed by atoms with Crippen molar-refractivity contribution >= 4 is 17.2 Å². The lowest BCUT2D eigenvalue weighted by Crippen LogP contribution is -2.11. The van der Waals surface area contributed by atoms with Crippen molar-refractivity contribution in [3.05, 3.63) is 46.8 Å². The van der Waals surface area contributed by atoms with E-state index in [1.165, 1.54) is 11.1 Å². The Bertz CT molecular complexity index is 564. The zero-order chi connectivity index (χ0) is 12.6. The van der Waals surface area contributed by atoms with Crippen molar-refractivity contribution in [1.29, 1.82) is 0 Å². The first kappa shape index (κ1) is 11.8. The van der Waals surface area contributed by atoms with Crippen LogP contribution in [0.4, 0.5) is 0 Å². The van der Waals surface area contributed by atoms with Crippen LogP contribution < -0.4 is 5.73 Å². The number of hydrogen-bond acceptors (Lipinski definition) is 2. The molecule has 4 heteroatoms. The van der Waals surface area contributed by atoms with Crippen molar-refractivity contribution in [3.8, 4) is 5.69 Å². The van der Waals surface area contributed by atoms with E-state index in [-0.39, 0.29) is 0 Å². The minimum atomic E-state index is 0.389. The molecule has 2 N–H and O–H groups in total. The van der Waals surface area contributed by atoms with Gasteiger partial charge in [0.1, 0.15) is 4.99 Å². The fraction of sp³-hybridized carbons (Fsp3) is 0.231. The van der Waals surface area contributed by atoms with Gasteiger partial charge in [-0.15, -0.1) is 0 Å². The molecular formula is C13H15N3S. The van der Waals surface area contributed by atoms with E-state index >= 15 is 0 Å². The third kappa shape index (κ3) is 1.96. The van der Waals surface area contributed by atoms with Crippen LogP contribution in [0.2, 0.25) is 0 Å². The molecule has 0 amide bonds. The summed E-state index contributed by atoms with van der Waals surface area (Å²) in [7, 11) is 0. The number of nitrogens with two attached hydrogens (primary N) is 1. The third-order valence-electron chi connectivity index (χ3n) is 2.93. The lowest BCUT2D eigenvalue weighted by atomic mass is 10.1. The average molecular weight is 245 g/mol. The van der Waals surface area contributed by atoms with Crippen LogP contribution in [0.1, 0.15) is 22.4 Å². The highest BCUT2D eigenvalue weighted by Gasteiger charge is 2.12. The molecule has 17 heavy (non-hydrogen) atoms. The van der Waals surface area contributed by atoms with Crippen LogP contribution in [0.5, 0.6) is 0 Å². The monoisotopic (exact) mass is 245 g/mol. The quantitative estimate of drug-likeness (QED) is 0.826. The van der Waals surface area contributed by atoms with Gasteiger partial charge in [-0.3, -0.25) is 0 Å². The molecule has 2 aromatic rings. The summed E-state index contributed by atoms with van der Waals surface area (Å²) in [4.78, 5) is 0.389. The van der Waals surface area contributed by atoms with Gasteiger partial charge in [-0.25, -0.2) is 4.68 Å². The summed E-state index contributed by atoms with van der Waals surface area (Å²) in [6, 6.07) is 6.19. The molecule has 2 rings (SSSR count). The molecule has 1 heterocycles. The first-order chi connectivity index (χ1) is 8.02. The summed E-state index contributed by atoms with van der Waals surface area (Å²) in [5.41, 5.74) is 11.0. The van der Waals surface area contributed by atoms with Crippen molar-refractivity contribution < 1.29 is 0 Å². The van der Waals surface area contributed by atoms with Gasteiger partial charge in [0.2, 0.25) is 0 Å². The number of aromatic nitrogens is 2. The Morgan fingerprint density at radius 1 is 1.24 bits per heavy atom. The maximum atomic E-state index is 5.66. The van der Waals surface area contributed by atoms with Crippen LogP contribution >= 0.6 is 12.2 Å². The maximum absolute atomic E-state index is 5.66. The Morgan fingerprint density at radius 2 is 1.82 bits per heavy atom. The smallest absolute Gasteiger partial charge is 0.107 e. The van der Waals surface area contributed by atoms with E-state index in [0.717, 1.165) is 16.9 Å². The van der Waals surface area contributed by atoms with Gasteiger partial charge < -0.3 is 5.73 Å². The maximum Gasteiger partial charge on any atom is 0.107 e. The zero-order valence-electron chi connectivity index (χ0n) is 10.2. The normalized spacial score (nSPS) is 10.5. The van der Waals surface area contributed by atoms with Gasteiger partial charge in [-0.1, -0.05) is 30.4 Å². The van der Waals surface area contributed by atoms with Crippen LogP contribution in [-0.2, 0) is 0 Å². The molecule has 0 aliphatic rings. The van der Waals surface area contributed by atoms with Crippen LogP contribution in [0.25, 0.3) is 5.69 Å². The number of rotatable bonds is 2. The van der Waals surface area contributed by atoms with Gasteiger partial charge in [0.25, 0.3) is 0 Å². The molecule has 0 spiro atoms. The van der Waals surface area contributed by atoms with Gasteiger partial charge in [-0.05, 0) is 31.9 Å². The second kappa shape index (κ2) is 4.30. The van der Waals surface area contributed by atoms with Gasteiger partial charge in [0.15, 0.2) is 0 Å². The molecule has 0 saturated heterocycles. The Balaban J connectivity index is 2.66. The van der Waals surface area contributed by atoms with E-state index in [9.17, 15) is 0 Å². The van der Waals surface area contributed by atoms with E-state index in [1.807, 2.05) is 17.7 Å². The fourth-order valence-corrected chi connectivity index (χ4v) is 2.22. The Morgan fingerprint density at radius 3 is 2.29 bits per heavy atom. The first-order valence-electron chi connectivity index (χ1n) is 5.43. The van der Waals surface area contributed by atoms with Crippen molar-refractivity contribution in [2.45, 2.75) is 20.8 Å². The van der Waals surface area contributed by atoms with Gasteiger partial charge in [-0.2, -0.15) is 5.10 Å². The van der Waals surface area contributed by atoms with E-state index in [0.29, 0.717) is 4.99 Å². The topological polar surface area (TPSA) is 43.8 Å². The van der Waals surface area contributed by atoms with Crippen LogP contribution in [-0.4, -0.2) is 14.8 Å². The highest BCUT2D eigenvalue weighted by molar-refractivity contribution is 7.80. The number of hydrogen-bond donors (Lipinski definition) is 1. The molecule has 0 unspecified atom stereocenters. The molecule has 1 aromatic heterocycles. The van der Waals surface area contributed by atoms with E-state index < -0.39 is 0 Å². The fourth-order valence-electron chi connectivity index (χ4n) is 2.02. The predicted octanol–water partition coefficient (Wildman–Crippen LogP) is 2.43. The Hall–Kier alpha value is -1.68. The molecule has 3 nitrogen and oxygen atoms in total. The average Bonchev–Trinajstić information content (AvgIpc) is 2.61. The van der Waals surface area contributed by atoms with Gasteiger partial charge in [0, 0.05) is 0 Å². The SMILES string of the molecule is Cc1cccc(C)c1-n1ncc(C(N)=S)c1C. The van der Waals surface area contributed by atoms with Gasteiger partial charge in [0.05, 0.1) is 23.1 Å². The summed E-state index contributed by atoms with van der Waals surface area (Å²) in [6.07, 6.45) is 1.73. The summed E-state index contributed by atoms with van der Waals surface area (Å²) >= 11 is 5.00. The lowest BCUT2D eigenvalue weighted by Gasteiger charge is -2.11. The lowest BCUT2D eigenvalue weighted by molar-refractivity contribution is 0.833. The molecule has 0 radical (unpaired) electrons. The largest absolute Gasteiger partial charge is 0.389 e. The summed E-state index contributed by atoms with van der Waals surface area (Å²) in [6.45, 7) is 6.13. The van der Waals surface area contributed by atoms with E-state index in [4.69, 9.17) is 18.0 Å². The number of benzene rings is 1. The van der Waals surface area contributed by atoms with Crippen molar-refractivity contribution in [2.24, 2.45) is 5.73 Å². The van der Waals surface area contributed by atoms with E-state index in [2.05, 4.69) is 31.1 Å². The zero-order valence-corrected chi connectivity index (χ0v) is 11.0. The molecule has 0 fully saturated rings. The number of para-hydroxylation sites is 1. The summed E-state index contributed by atoms with van der Waals surface area (Å²) < 4.78 is 1.90. The van der Waals surface area contributed by atoms with Crippen molar-refractivity contribution in [3.63, 3.8) is 0 Å². The Labute approximate surface area is 106 Å². The molecular weight excluding hydrogens is 230 g/mol. The molecule has 88 valence electrons. The molecule has 0 aliphatic heterocycles. The number of thiocarbonyl (C=S) groups is 1. The van der Waals surface area contributed by atoms with Gasteiger partial charge >= 0.3 is 0 Å². The second-order valence-corrected chi connectivity index (χ2v) is 4.60. The summed E-state index contributed by atoms with van der Waals surface area (Å²) in [5.74, 6) is 0. The molecule has 0 aliphatic carbocycles. The van der Waals surface area contributed by atoms with Crippen LogP contribution in [0.3, 0.4) is 0 Å². The Kier molecular flexibility index (Phi) is 2.98. The standard InChI is InChI=1S/C13H15N3S/c1-8-5-4-6-9(2)12(8)16-10(3)11(7-15-16)13(14)17/h4-7H,1-3H3,(H2,14,17). The number of aryl methyl sites for hydroxylation is 2.